The number of amides is 2. The van der Waals surface area contributed by atoms with Crippen molar-refractivity contribution in [2.45, 2.75) is 68.6 Å². The third kappa shape index (κ3) is 7.79. The molecule has 0 aromatic carbocycles. The van der Waals surface area contributed by atoms with E-state index in [4.69, 9.17) is 14.6 Å². The number of aliphatic hydroxyl groups is 3. The molecule has 17 heteroatoms. The fourth-order valence-electron chi connectivity index (χ4n) is 3.75. The van der Waals surface area contributed by atoms with Crippen molar-refractivity contribution in [2.75, 3.05) is 19.8 Å². The maximum absolute atomic E-state index is 12.3. The van der Waals surface area contributed by atoms with Crippen LogP contribution in [-0.2, 0) is 38.4 Å². The summed E-state index contributed by atoms with van der Waals surface area (Å²) in [7, 11) is -5.31. The second-order valence-corrected chi connectivity index (χ2v) is 8.77. The first-order valence-electron chi connectivity index (χ1n) is 10.2. The quantitative estimate of drug-likeness (QED) is 0.101. The van der Waals surface area contributed by atoms with E-state index in [1.54, 1.807) is 0 Å². The highest BCUT2D eigenvalue weighted by atomic mass is 32.3. The normalized spacial score (nSPS) is 33.9. The van der Waals surface area contributed by atoms with E-state index >= 15 is 0 Å². The van der Waals surface area contributed by atoms with E-state index in [1.165, 1.54) is 0 Å². The van der Waals surface area contributed by atoms with Gasteiger partial charge in [-0.15, -0.1) is 0 Å². The fraction of sp³-hybridized carbons (Fsp3) is 0.824. The first-order valence-corrected chi connectivity index (χ1v) is 11.6. The van der Waals surface area contributed by atoms with E-state index in [1.807, 2.05) is 0 Å². The van der Waals surface area contributed by atoms with Gasteiger partial charge in [0.15, 0.2) is 6.29 Å². The molecule has 2 amide bonds. The van der Waals surface area contributed by atoms with E-state index in [0.717, 1.165) is 6.92 Å². The van der Waals surface area contributed by atoms with E-state index in [0.29, 0.717) is 0 Å². The topological polar surface area (TPSA) is 253 Å². The second-order valence-electron chi connectivity index (χ2n) is 7.76. The van der Waals surface area contributed by atoms with Crippen LogP contribution in [0, 0.1) is 0 Å². The number of hydrogen-bond acceptors (Lipinski definition) is 13. The van der Waals surface area contributed by atoms with Gasteiger partial charge in [-0.25, -0.2) is 8.42 Å². The van der Waals surface area contributed by atoms with Crippen molar-refractivity contribution >= 4 is 28.2 Å². The van der Waals surface area contributed by atoms with Crippen LogP contribution < -0.4 is 16.0 Å². The molecule has 2 aliphatic heterocycles. The molecule has 0 spiro atoms. The second kappa shape index (κ2) is 12.1. The van der Waals surface area contributed by atoms with Crippen LogP contribution in [0.2, 0.25) is 0 Å². The third-order valence-electron chi connectivity index (χ3n) is 5.24. The van der Waals surface area contributed by atoms with Crippen LogP contribution >= 0.6 is 0 Å². The summed E-state index contributed by atoms with van der Waals surface area (Å²) in [4.78, 5) is 34.5. The van der Waals surface area contributed by atoms with Crippen molar-refractivity contribution in [1.29, 1.82) is 0 Å². The standard InChI is InChI=1S/C17H29N3O13S/c1-7(23)19-13-14(26)15(33-34(28,29)30)11(6-22)32-17(13)31-10-4-8(20-9(10)5-21)16(27)18-3-2-12(24)25/h8-11,13-15,17,20-22,26H,2-6H2,1H3,(H,18,27)(H,19,23)(H,24,25)(H,28,29,30)/p-1/t8-,9+,10-,11+,13+,14+,15+,17+/m0/s1. The zero-order valence-electron chi connectivity index (χ0n) is 18.0. The molecule has 2 fully saturated rings. The molecule has 8 atom stereocenters. The van der Waals surface area contributed by atoms with Gasteiger partial charge >= 0.3 is 5.97 Å². The predicted octanol–water partition coefficient (Wildman–Crippen LogP) is -4.89. The van der Waals surface area contributed by atoms with E-state index in [9.17, 15) is 42.7 Å². The van der Waals surface area contributed by atoms with Gasteiger partial charge in [-0.3, -0.25) is 23.9 Å². The van der Waals surface area contributed by atoms with Gasteiger partial charge in [0, 0.05) is 13.5 Å². The number of rotatable bonds is 11. The molecule has 7 N–H and O–H groups in total. The molecule has 2 saturated heterocycles. The predicted molar refractivity (Wildman–Crippen MR) is 106 cm³/mol. The van der Waals surface area contributed by atoms with Crippen LogP contribution in [0.1, 0.15) is 19.8 Å². The van der Waals surface area contributed by atoms with Gasteiger partial charge in [-0.2, -0.15) is 0 Å². The molecule has 2 aliphatic rings. The van der Waals surface area contributed by atoms with Gasteiger partial charge in [0.1, 0.15) is 24.4 Å². The van der Waals surface area contributed by atoms with Crippen molar-refractivity contribution in [3.8, 4) is 0 Å². The average molecular weight is 514 g/mol. The van der Waals surface area contributed by atoms with Crippen molar-refractivity contribution in [3.05, 3.63) is 0 Å². The number of nitrogens with one attached hydrogen (secondary N) is 3. The third-order valence-corrected chi connectivity index (χ3v) is 5.70. The van der Waals surface area contributed by atoms with Crippen LogP contribution in [0.5, 0.6) is 0 Å². The summed E-state index contributed by atoms with van der Waals surface area (Å²) in [5, 5.41) is 46.0. The number of carboxylic acids is 1. The van der Waals surface area contributed by atoms with E-state index in [-0.39, 0.29) is 19.4 Å². The Morgan fingerprint density at radius 2 is 1.91 bits per heavy atom. The largest absolute Gasteiger partial charge is 0.726 e. The van der Waals surface area contributed by atoms with Crippen molar-refractivity contribution < 1.29 is 61.4 Å². The first kappa shape index (κ1) is 28.3. The molecule has 2 heterocycles. The Balaban J connectivity index is 2.15. The highest BCUT2D eigenvalue weighted by molar-refractivity contribution is 7.80. The monoisotopic (exact) mass is 514 g/mol. The highest BCUT2D eigenvalue weighted by Crippen LogP contribution is 2.29. The number of ether oxygens (including phenoxy) is 2. The summed E-state index contributed by atoms with van der Waals surface area (Å²) >= 11 is 0. The molecule has 0 aromatic heterocycles. The lowest BCUT2D eigenvalue weighted by Gasteiger charge is -2.44. The molecule has 34 heavy (non-hydrogen) atoms. The number of aliphatic carboxylic acids is 1. The Kier molecular flexibility index (Phi) is 10.1. The Bertz CT molecular complexity index is 841. The molecule has 2 rings (SSSR count). The van der Waals surface area contributed by atoms with Crippen molar-refractivity contribution in [3.63, 3.8) is 0 Å². The van der Waals surface area contributed by atoms with Gasteiger partial charge in [-0.1, -0.05) is 0 Å². The average Bonchev–Trinajstić information content (AvgIpc) is 3.14. The summed E-state index contributed by atoms with van der Waals surface area (Å²) in [5.74, 6) is -2.32. The SMILES string of the molecule is CC(=O)N[C@H]1[C@H](O[C@H]2C[C@@H](C(=O)NCCC(=O)O)N[C@@H]2CO)O[C@H](CO)[C@@H](OS(=O)(=O)[O-])[C@@H]1O. The smallest absolute Gasteiger partial charge is 0.305 e. The van der Waals surface area contributed by atoms with Crippen LogP contribution in [0.4, 0.5) is 0 Å². The number of carboxylic acid groups (broad SMARTS) is 1. The van der Waals surface area contributed by atoms with Crippen LogP contribution in [-0.4, -0.2) is 120 Å². The Morgan fingerprint density at radius 3 is 2.44 bits per heavy atom. The van der Waals surface area contributed by atoms with Gasteiger partial charge < -0.3 is 45.1 Å². The maximum Gasteiger partial charge on any atom is 0.305 e. The summed E-state index contributed by atoms with van der Waals surface area (Å²) < 4.78 is 48.7. The Hall–Kier alpha value is -1.96. The molecule has 196 valence electrons. The lowest BCUT2D eigenvalue weighted by Crippen LogP contribution is -2.66. The molecule has 0 unspecified atom stereocenters. The molecule has 0 aromatic rings. The molecular weight excluding hydrogens is 486 g/mol. The van der Waals surface area contributed by atoms with Crippen molar-refractivity contribution in [2.24, 2.45) is 0 Å². The van der Waals surface area contributed by atoms with Crippen LogP contribution in [0.15, 0.2) is 0 Å². The lowest BCUT2D eigenvalue weighted by molar-refractivity contribution is -0.279. The number of aliphatic hydroxyl groups excluding tert-OH is 3. The molecule has 0 saturated carbocycles. The summed E-state index contributed by atoms with van der Waals surface area (Å²) in [5.41, 5.74) is 0. The molecule has 0 bridgehead atoms. The van der Waals surface area contributed by atoms with E-state index < -0.39 is 90.2 Å². The fourth-order valence-corrected chi connectivity index (χ4v) is 4.26. The van der Waals surface area contributed by atoms with Gasteiger partial charge in [-0.05, 0) is 6.42 Å². The van der Waals surface area contributed by atoms with Gasteiger partial charge in [0.2, 0.25) is 22.2 Å². The molecule has 0 radical (unpaired) electrons. The first-order chi connectivity index (χ1) is 15.9. The maximum atomic E-state index is 12.3. The summed E-state index contributed by atoms with van der Waals surface area (Å²) in [6, 6.07) is -3.13. The zero-order valence-corrected chi connectivity index (χ0v) is 18.8. The molecular formula is C17H28N3O13S-. The van der Waals surface area contributed by atoms with Crippen molar-refractivity contribution in [1.82, 2.24) is 16.0 Å². The van der Waals surface area contributed by atoms with Crippen LogP contribution in [0.25, 0.3) is 0 Å². The lowest BCUT2D eigenvalue weighted by atomic mass is 9.96. The Morgan fingerprint density at radius 1 is 1.24 bits per heavy atom. The van der Waals surface area contributed by atoms with Crippen LogP contribution in [0.3, 0.4) is 0 Å². The highest BCUT2D eigenvalue weighted by Gasteiger charge is 2.50. The summed E-state index contributed by atoms with van der Waals surface area (Å²) in [6.45, 7) is -0.405. The zero-order chi connectivity index (χ0) is 25.6. The number of carbonyl (C=O) groups is 3. The Labute approximate surface area is 194 Å². The minimum Gasteiger partial charge on any atom is -0.726 e. The molecule has 0 aliphatic carbocycles. The number of hydrogen-bond donors (Lipinski definition) is 7. The molecule has 16 nitrogen and oxygen atoms in total. The van der Waals surface area contributed by atoms with Gasteiger partial charge in [0.25, 0.3) is 0 Å². The van der Waals surface area contributed by atoms with Gasteiger partial charge in [0.05, 0.1) is 37.8 Å². The van der Waals surface area contributed by atoms with E-state index in [2.05, 4.69) is 20.1 Å². The number of carbonyl (C=O) groups excluding carboxylic acids is 2. The summed E-state index contributed by atoms with van der Waals surface area (Å²) in [6.07, 6.45) is -7.99. The minimum atomic E-state index is -5.31. The minimum absolute atomic E-state index is 0.0223.